The Kier molecular flexibility index (Phi) is 7.22. The van der Waals surface area contributed by atoms with Crippen LogP contribution in [0.3, 0.4) is 0 Å². The highest BCUT2D eigenvalue weighted by Gasteiger charge is 2.37. The highest BCUT2D eigenvalue weighted by atomic mass is 127. The molecule has 162 valence electrons. The maximum absolute atomic E-state index is 13.1. The van der Waals surface area contributed by atoms with E-state index >= 15 is 0 Å². The van der Waals surface area contributed by atoms with Crippen LogP contribution in [-0.2, 0) is 9.59 Å². The summed E-state index contributed by atoms with van der Waals surface area (Å²) in [7, 11) is 1.52. The van der Waals surface area contributed by atoms with E-state index in [0.29, 0.717) is 39.9 Å². The minimum absolute atomic E-state index is 0.181. The molecule has 2 aromatic carbocycles. The second-order valence-corrected chi connectivity index (χ2v) is 8.29. The first-order chi connectivity index (χ1) is 14.8. The third-order valence-corrected chi connectivity index (χ3v) is 5.81. The summed E-state index contributed by atoms with van der Waals surface area (Å²) >= 11 is 8.25. The van der Waals surface area contributed by atoms with Gasteiger partial charge in [-0.3, -0.25) is 14.9 Å². The van der Waals surface area contributed by atoms with Gasteiger partial charge in [0.2, 0.25) is 0 Å². The lowest BCUT2D eigenvalue weighted by atomic mass is 10.1. The van der Waals surface area contributed by atoms with Gasteiger partial charge in [0.15, 0.2) is 11.5 Å². The zero-order valence-electron chi connectivity index (χ0n) is 17.1. The molecule has 0 unspecified atom stereocenters. The summed E-state index contributed by atoms with van der Waals surface area (Å²) in [5.74, 6) is -0.432. The van der Waals surface area contributed by atoms with Crippen molar-refractivity contribution < 1.29 is 23.9 Å². The van der Waals surface area contributed by atoms with Gasteiger partial charge >= 0.3 is 6.03 Å². The first-order valence-electron chi connectivity index (χ1n) is 9.45. The number of imide groups is 2. The normalized spacial score (nSPS) is 15.3. The Labute approximate surface area is 198 Å². The molecule has 1 aliphatic heterocycles. The minimum atomic E-state index is -0.826. The van der Waals surface area contributed by atoms with Gasteiger partial charge in [0.1, 0.15) is 5.57 Å². The number of hydrogen-bond donors (Lipinski definition) is 1. The minimum Gasteiger partial charge on any atom is -0.493 e. The molecule has 0 aromatic heterocycles. The summed E-state index contributed by atoms with van der Waals surface area (Å²) in [6.45, 7) is 4.23. The number of halogens is 2. The molecule has 0 radical (unpaired) electrons. The van der Waals surface area contributed by atoms with Gasteiger partial charge in [0.25, 0.3) is 11.8 Å². The van der Waals surface area contributed by atoms with Crippen LogP contribution in [0.2, 0.25) is 5.02 Å². The summed E-state index contributed by atoms with van der Waals surface area (Å²) in [6, 6.07) is 7.50. The number of rotatable bonds is 6. The van der Waals surface area contributed by atoms with Crippen molar-refractivity contribution in [1.82, 2.24) is 5.32 Å². The van der Waals surface area contributed by atoms with Gasteiger partial charge in [-0.15, -0.1) is 0 Å². The molecular formula is C22H20ClIN2O5. The highest BCUT2D eigenvalue weighted by molar-refractivity contribution is 14.1. The third-order valence-electron chi connectivity index (χ3n) is 4.59. The van der Waals surface area contributed by atoms with Crippen molar-refractivity contribution in [2.24, 2.45) is 0 Å². The Morgan fingerprint density at radius 3 is 2.65 bits per heavy atom. The fraction of sp³-hybridized carbons (Fsp3) is 0.227. The number of nitrogens with one attached hydrogen (secondary N) is 1. The lowest BCUT2D eigenvalue weighted by molar-refractivity contribution is -0.122. The van der Waals surface area contributed by atoms with Crippen LogP contribution in [-0.4, -0.2) is 31.6 Å². The number of carbonyl (C=O) groups is 3. The number of hydrogen-bond acceptors (Lipinski definition) is 5. The van der Waals surface area contributed by atoms with Crippen LogP contribution in [0.25, 0.3) is 6.08 Å². The lowest BCUT2D eigenvalue weighted by Crippen LogP contribution is -2.54. The molecule has 3 rings (SSSR count). The van der Waals surface area contributed by atoms with E-state index in [4.69, 9.17) is 21.1 Å². The van der Waals surface area contributed by atoms with Crippen LogP contribution in [0.5, 0.6) is 11.5 Å². The van der Waals surface area contributed by atoms with Crippen LogP contribution in [0.15, 0.2) is 35.9 Å². The van der Waals surface area contributed by atoms with Crippen molar-refractivity contribution in [3.05, 3.63) is 55.6 Å². The van der Waals surface area contributed by atoms with E-state index in [2.05, 4.69) is 27.9 Å². The monoisotopic (exact) mass is 554 g/mol. The van der Waals surface area contributed by atoms with E-state index in [1.807, 2.05) is 6.92 Å². The molecule has 0 bridgehead atoms. The second-order valence-electron chi connectivity index (χ2n) is 6.72. The number of amides is 4. The van der Waals surface area contributed by atoms with Crippen LogP contribution in [0, 0.1) is 10.5 Å². The molecule has 2 aromatic rings. The van der Waals surface area contributed by atoms with Gasteiger partial charge in [-0.2, -0.15) is 0 Å². The van der Waals surface area contributed by atoms with Crippen LogP contribution >= 0.6 is 34.2 Å². The molecular weight excluding hydrogens is 535 g/mol. The molecule has 1 aliphatic rings. The Morgan fingerprint density at radius 1 is 1.23 bits per heavy atom. The molecule has 31 heavy (non-hydrogen) atoms. The second kappa shape index (κ2) is 9.69. The molecule has 0 saturated carbocycles. The van der Waals surface area contributed by atoms with Crippen molar-refractivity contribution in [3.8, 4) is 11.5 Å². The summed E-state index contributed by atoms with van der Waals surface area (Å²) in [4.78, 5) is 39.0. The molecule has 1 fully saturated rings. The molecule has 0 aliphatic carbocycles. The summed E-state index contributed by atoms with van der Waals surface area (Å²) in [5, 5.41) is 2.62. The number of benzene rings is 2. The average Bonchev–Trinajstić information content (AvgIpc) is 2.73. The van der Waals surface area contributed by atoms with Gasteiger partial charge in [-0.05, 0) is 77.4 Å². The largest absolute Gasteiger partial charge is 0.493 e. The number of barbiturate groups is 1. The quantitative estimate of drug-likeness (QED) is 0.317. The molecule has 4 amide bonds. The van der Waals surface area contributed by atoms with Gasteiger partial charge in [-0.1, -0.05) is 24.6 Å². The van der Waals surface area contributed by atoms with E-state index < -0.39 is 17.8 Å². The third kappa shape index (κ3) is 4.69. The van der Waals surface area contributed by atoms with E-state index in [9.17, 15) is 14.4 Å². The van der Waals surface area contributed by atoms with E-state index in [1.165, 1.54) is 13.2 Å². The molecule has 1 saturated heterocycles. The number of anilines is 1. The Balaban J connectivity index is 2.04. The summed E-state index contributed by atoms with van der Waals surface area (Å²) in [6.07, 6.45) is 2.26. The number of methoxy groups -OCH3 is 1. The zero-order chi connectivity index (χ0) is 22.7. The lowest BCUT2D eigenvalue weighted by Gasteiger charge is -2.27. The van der Waals surface area contributed by atoms with Crippen LogP contribution in [0.1, 0.15) is 24.5 Å². The predicted molar refractivity (Wildman–Crippen MR) is 127 cm³/mol. The topological polar surface area (TPSA) is 84.9 Å². The number of nitrogens with zero attached hydrogens (tertiary/aromatic N) is 1. The van der Waals surface area contributed by atoms with Gasteiger partial charge < -0.3 is 9.47 Å². The number of urea groups is 1. The van der Waals surface area contributed by atoms with Crippen LogP contribution in [0.4, 0.5) is 10.5 Å². The zero-order valence-corrected chi connectivity index (χ0v) is 20.0. The van der Waals surface area contributed by atoms with Crippen molar-refractivity contribution in [2.75, 3.05) is 18.6 Å². The van der Waals surface area contributed by atoms with Gasteiger partial charge in [0.05, 0.1) is 23.0 Å². The first kappa shape index (κ1) is 23.1. The van der Waals surface area contributed by atoms with E-state index in [1.54, 1.807) is 37.3 Å². The SMILES string of the molecule is CCCOc1c(I)cc(/C=C2\C(=O)NC(=O)N(c3cccc(Cl)c3C)C2=O)cc1OC. The Bertz CT molecular complexity index is 1100. The maximum Gasteiger partial charge on any atom is 0.335 e. The van der Waals surface area contributed by atoms with Crippen molar-refractivity contribution in [2.45, 2.75) is 20.3 Å². The molecule has 0 atom stereocenters. The van der Waals surface area contributed by atoms with E-state index in [0.717, 1.165) is 14.9 Å². The number of ether oxygens (including phenoxy) is 2. The van der Waals surface area contributed by atoms with Gasteiger partial charge in [0, 0.05) is 5.02 Å². The van der Waals surface area contributed by atoms with Crippen molar-refractivity contribution in [3.63, 3.8) is 0 Å². The predicted octanol–water partition coefficient (Wildman–Crippen LogP) is 4.72. The standard InChI is InChI=1S/C22H20ClIN2O5/c1-4-8-31-19-16(24)10-13(11-18(19)30-3)9-14-20(27)25-22(29)26(21(14)28)17-7-5-6-15(23)12(17)2/h5-7,9-11H,4,8H2,1-3H3,(H,25,27,29)/b14-9+. The molecule has 0 spiro atoms. The summed E-state index contributed by atoms with van der Waals surface area (Å²) < 4.78 is 11.9. The highest BCUT2D eigenvalue weighted by Crippen LogP contribution is 2.35. The van der Waals surface area contributed by atoms with Crippen molar-refractivity contribution >= 4 is 63.8 Å². The summed E-state index contributed by atoms with van der Waals surface area (Å²) in [5.41, 5.74) is 1.23. The molecule has 7 nitrogen and oxygen atoms in total. The first-order valence-corrected chi connectivity index (χ1v) is 10.9. The maximum atomic E-state index is 13.1. The van der Waals surface area contributed by atoms with Crippen molar-refractivity contribution in [1.29, 1.82) is 0 Å². The fourth-order valence-corrected chi connectivity index (χ4v) is 4.00. The molecule has 1 heterocycles. The molecule has 1 N–H and O–H groups in total. The smallest absolute Gasteiger partial charge is 0.335 e. The van der Waals surface area contributed by atoms with E-state index in [-0.39, 0.29) is 5.57 Å². The Hall–Kier alpha value is -2.59. The average molecular weight is 555 g/mol. The fourth-order valence-electron chi connectivity index (χ4n) is 3.05. The number of carbonyl (C=O) groups excluding carboxylic acids is 3. The van der Waals surface area contributed by atoms with Crippen LogP contribution < -0.4 is 19.7 Å². The van der Waals surface area contributed by atoms with Gasteiger partial charge in [-0.25, -0.2) is 9.69 Å². The Morgan fingerprint density at radius 2 is 1.97 bits per heavy atom. The molecule has 9 heteroatoms.